The largest absolute Gasteiger partial charge is 0.337 e. The van der Waals surface area contributed by atoms with Crippen molar-refractivity contribution in [2.45, 2.75) is 11.3 Å². The second-order valence-electron chi connectivity index (χ2n) is 7.29. The van der Waals surface area contributed by atoms with E-state index in [1.165, 1.54) is 22.2 Å². The Kier molecular flexibility index (Phi) is 5.57. The van der Waals surface area contributed by atoms with Crippen LogP contribution in [0.5, 0.6) is 0 Å². The number of amides is 1. The van der Waals surface area contributed by atoms with E-state index >= 15 is 0 Å². The molecule has 5 rings (SSSR count). The van der Waals surface area contributed by atoms with Gasteiger partial charge in [0.1, 0.15) is 4.91 Å². The zero-order valence-electron chi connectivity index (χ0n) is 17.1. The van der Waals surface area contributed by atoms with E-state index in [0.717, 1.165) is 32.9 Å². The van der Waals surface area contributed by atoms with Crippen LogP contribution in [0.4, 0.5) is 11.4 Å². The highest BCUT2D eigenvalue weighted by Crippen LogP contribution is 2.49. The van der Waals surface area contributed by atoms with Gasteiger partial charge < -0.3 is 4.90 Å². The first-order valence-corrected chi connectivity index (χ1v) is 11.8. The molecule has 154 valence electrons. The summed E-state index contributed by atoms with van der Waals surface area (Å²) in [5.41, 5.74) is 3.19. The first kappa shape index (κ1) is 20.0. The predicted molar refractivity (Wildman–Crippen MR) is 131 cm³/mol. The second kappa shape index (κ2) is 8.65. The van der Waals surface area contributed by atoms with E-state index in [-0.39, 0.29) is 5.91 Å². The summed E-state index contributed by atoms with van der Waals surface area (Å²) >= 11 is 3.12. The number of rotatable bonds is 4. The number of amidine groups is 1. The molecule has 0 unspecified atom stereocenters. The third-order valence-electron chi connectivity index (χ3n) is 5.24. The van der Waals surface area contributed by atoms with Gasteiger partial charge in [0.05, 0.1) is 16.4 Å². The maximum absolute atomic E-state index is 13.5. The fourth-order valence-electron chi connectivity index (χ4n) is 3.61. The summed E-state index contributed by atoms with van der Waals surface area (Å²) in [6.45, 7) is 0.597. The van der Waals surface area contributed by atoms with Gasteiger partial charge in [0.15, 0.2) is 5.17 Å². The van der Waals surface area contributed by atoms with Gasteiger partial charge in [-0.15, -0.1) is 0 Å². The molecule has 3 aromatic carbocycles. The summed E-state index contributed by atoms with van der Waals surface area (Å²) in [5, 5.41) is 1.71. The van der Waals surface area contributed by atoms with E-state index < -0.39 is 0 Å². The molecule has 2 aliphatic rings. The number of para-hydroxylation sites is 2. The molecule has 0 aromatic heterocycles. The van der Waals surface area contributed by atoms with Crippen LogP contribution in [-0.4, -0.2) is 29.6 Å². The van der Waals surface area contributed by atoms with Crippen molar-refractivity contribution in [3.8, 4) is 0 Å². The molecular weight excluding hydrogens is 422 g/mol. The number of aliphatic imine (C=N–C) groups is 1. The van der Waals surface area contributed by atoms with Crippen LogP contribution in [0.3, 0.4) is 0 Å². The van der Waals surface area contributed by atoms with E-state index in [4.69, 9.17) is 4.99 Å². The molecule has 0 radical (unpaired) electrons. The van der Waals surface area contributed by atoms with Gasteiger partial charge in [-0.3, -0.25) is 9.69 Å². The van der Waals surface area contributed by atoms with Crippen LogP contribution in [0, 0.1) is 0 Å². The van der Waals surface area contributed by atoms with Crippen LogP contribution in [0.25, 0.3) is 0 Å². The van der Waals surface area contributed by atoms with Gasteiger partial charge in [0, 0.05) is 18.5 Å². The van der Waals surface area contributed by atoms with Gasteiger partial charge in [-0.05, 0) is 48.0 Å². The van der Waals surface area contributed by atoms with Crippen molar-refractivity contribution in [3.63, 3.8) is 0 Å². The molecule has 1 saturated heterocycles. The number of benzene rings is 3. The fraction of sp³-hybridized carbons (Fsp3) is 0.120. The van der Waals surface area contributed by atoms with Gasteiger partial charge in [-0.25, -0.2) is 4.99 Å². The average molecular weight is 444 g/mol. The Bertz CT molecular complexity index is 1180. The Morgan fingerprint density at radius 1 is 0.839 bits per heavy atom. The van der Waals surface area contributed by atoms with Crippen molar-refractivity contribution in [1.29, 1.82) is 0 Å². The Morgan fingerprint density at radius 2 is 1.52 bits per heavy atom. The molecule has 2 heterocycles. The summed E-state index contributed by atoms with van der Waals surface area (Å²) < 4.78 is 0. The molecule has 0 atom stereocenters. The summed E-state index contributed by atoms with van der Waals surface area (Å²) in [4.78, 5) is 24.2. The molecular formula is C25H21N3OS2. The van der Waals surface area contributed by atoms with Crippen LogP contribution in [-0.2, 0) is 11.2 Å². The minimum atomic E-state index is 0.0257. The van der Waals surface area contributed by atoms with Crippen molar-refractivity contribution >= 4 is 46.0 Å². The summed E-state index contributed by atoms with van der Waals surface area (Å²) in [6.07, 6.45) is 0.784. The zero-order valence-corrected chi connectivity index (χ0v) is 18.7. The first-order chi connectivity index (χ1) is 15.2. The molecule has 0 aliphatic carbocycles. The average Bonchev–Trinajstić information content (AvgIpc) is 3.30. The topological polar surface area (TPSA) is 35.9 Å². The lowest BCUT2D eigenvalue weighted by molar-refractivity contribution is -0.122. The molecule has 6 heteroatoms. The quantitative estimate of drug-likeness (QED) is 0.470. The molecule has 3 aromatic rings. The zero-order chi connectivity index (χ0) is 21.2. The number of anilines is 1. The second-order valence-corrected chi connectivity index (χ2v) is 9.30. The highest BCUT2D eigenvalue weighted by molar-refractivity contribution is 8.19. The fourth-order valence-corrected chi connectivity index (χ4v) is 5.98. The lowest BCUT2D eigenvalue weighted by atomic mass is 10.1. The van der Waals surface area contributed by atoms with E-state index in [1.807, 2.05) is 72.6 Å². The lowest BCUT2D eigenvalue weighted by Gasteiger charge is -2.16. The van der Waals surface area contributed by atoms with Crippen molar-refractivity contribution in [2.24, 2.45) is 4.99 Å². The number of carbonyl (C=O) groups excluding carboxylic acids is 1. The number of hydrogen-bond donors (Lipinski definition) is 0. The minimum Gasteiger partial charge on any atom is -0.337 e. The highest BCUT2D eigenvalue weighted by Gasteiger charge is 2.38. The number of nitrogens with zero attached hydrogens (tertiary/aromatic N) is 3. The minimum absolute atomic E-state index is 0.0257. The highest BCUT2D eigenvalue weighted by atomic mass is 32.2. The molecule has 1 amide bonds. The molecule has 0 bridgehead atoms. The van der Waals surface area contributed by atoms with Gasteiger partial charge >= 0.3 is 0 Å². The molecule has 1 fully saturated rings. The third kappa shape index (κ3) is 4.01. The van der Waals surface area contributed by atoms with Crippen molar-refractivity contribution < 1.29 is 4.79 Å². The van der Waals surface area contributed by atoms with Crippen LogP contribution in [0.1, 0.15) is 5.56 Å². The number of carbonyl (C=O) groups is 1. The van der Waals surface area contributed by atoms with Gasteiger partial charge in [-0.2, -0.15) is 0 Å². The molecule has 4 nitrogen and oxygen atoms in total. The van der Waals surface area contributed by atoms with Crippen molar-refractivity contribution in [1.82, 2.24) is 4.90 Å². The monoisotopic (exact) mass is 443 g/mol. The molecule has 0 N–H and O–H groups in total. The van der Waals surface area contributed by atoms with E-state index in [1.54, 1.807) is 11.8 Å². The van der Waals surface area contributed by atoms with E-state index in [9.17, 15) is 4.79 Å². The Morgan fingerprint density at radius 3 is 2.26 bits per heavy atom. The first-order valence-electron chi connectivity index (χ1n) is 10.1. The molecule has 0 spiro atoms. The standard InChI is InChI=1S/C25H21N3OS2/c1-27-20-14-8-9-15-21(20)30-24(27)22-23(29)28(17-16-18-10-4-2-5-11-18)25(31-22)26-19-12-6-3-7-13-19/h2-15H,16-17H2,1H3. The summed E-state index contributed by atoms with van der Waals surface area (Å²) in [5.74, 6) is 0.0257. The Balaban J connectivity index is 1.49. The number of fused-ring (bicyclic) bond motifs is 1. The normalized spacial score (nSPS) is 19.4. The van der Waals surface area contributed by atoms with E-state index in [0.29, 0.717) is 6.54 Å². The molecule has 0 saturated carbocycles. The van der Waals surface area contributed by atoms with Crippen LogP contribution in [0.2, 0.25) is 0 Å². The molecule has 31 heavy (non-hydrogen) atoms. The van der Waals surface area contributed by atoms with Crippen molar-refractivity contribution in [3.05, 3.63) is 100 Å². The summed E-state index contributed by atoms with van der Waals surface area (Å²) in [6, 6.07) is 28.3. The lowest BCUT2D eigenvalue weighted by Crippen LogP contribution is -2.31. The van der Waals surface area contributed by atoms with E-state index in [2.05, 4.69) is 29.2 Å². The number of hydrogen-bond acceptors (Lipinski definition) is 5. The van der Waals surface area contributed by atoms with Gasteiger partial charge in [0.2, 0.25) is 0 Å². The summed E-state index contributed by atoms with van der Waals surface area (Å²) in [7, 11) is 2.02. The number of thioether (sulfide) groups is 2. The van der Waals surface area contributed by atoms with Gasteiger partial charge in [-0.1, -0.05) is 72.4 Å². The maximum Gasteiger partial charge on any atom is 0.269 e. The predicted octanol–water partition coefficient (Wildman–Crippen LogP) is 5.90. The van der Waals surface area contributed by atoms with Crippen LogP contribution >= 0.6 is 23.5 Å². The Hall–Kier alpha value is -2.96. The Labute approximate surface area is 190 Å². The van der Waals surface area contributed by atoms with Crippen LogP contribution in [0.15, 0.2) is 105 Å². The van der Waals surface area contributed by atoms with Crippen molar-refractivity contribution in [2.75, 3.05) is 18.5 Å². The third-order valence-corrected chi connectivity index (χ3v) is 7.68. The smallest absolute Gasteiger partial charge is 0.269 e. The van der Waals surface area contributed by atoms with Gasteiger partial charge in [0.25, 0.3) is 5.91 Å². The molecule has 2 aliphatic heterocycles. The van der Waals surface area contributed by atoms with Crippen LogP contribution < -0.4 is 4.90 Å². The SMILES string of the molecule is CN1C(=C2SC(=Nc3ccccc3)N(CCc3ccccc3)C2=O)Sc2ccccc21. The maximum atomic E-state index is 13.5.